The predicted octanol–water partition coefficient (Wildman–Crippen LogP) is 3.47. The van der Waals surface area contributed by atoms with Crippen LogP contribution in [0.1, 0.15) is 49.0 Å². The molecule has 3 heterocycles. The van der Waals surface area contributed by atoms with Crippen molar-refractivity contribution in [2.45, 2.75) is 64.0 Å². The number of ether oxygens (including phenoxy) is 1. The Morgan fingerprint density at radius 3 is 2.82 bits per heavy atom. The standard InChI is InChI=1S/C22H32N2O3S/c1-3-20(25)23-18-6-5-14-27-22(18)17-9-12-24(13-10-17)21(26)8-4-7-19-16(2)11-15-28-19/h3,11,15,17-18,22H,1,4-10,12-14H2,2H3,(H,23,25). The summed E-state index contributed by atoms with van der Waals surface area (Å²) in [5.41, 5.74) is 1.34. The van der Waals surface area contributed by atoms with E-state index >= 15 is 0 Å². The van der Waals surface area contributed by atoms with E-state index < -0.39 is 0 Å². The molecule has 154 valence electrons. The Kier molecular flexibility index (Phi) is 7.68. The summed E-state index contributed by atoms with van der Waals surface area (Å²) < 4.78 is 6.04. The molecule has 2 aliphatic rings. The van der Waals surface area contributed by atoms with Crippen molar-refractivity contribution >= 4 is 23.2 Å². The van der Waals surface area contributed by atoms with E-state index in [-0.39, 0.29) is 24.0 Å². The molecule has 2 aliphatic heterocycles. The summed E-state index contributed by atoms with van der Waals surface area (Å²) in [6.07, 6.45) is 7.72. The molecule has 3 rings (SSSR count). The minimum absolute atomic E-state index is 0.0525. The molecule has 2 amide bonds. The first-order chi connectivity index (χ1) is 13.6. The summed E-state index contributed by atoms with van der Waals surface area (Å²) in [4.78, 5) is 27.7. The lowest BCUT2D eigenvalue weighted by Gasteiger charge is -2.41. The minimum Gasteiger partial charge on any atom is -0.376 e. The molecule has 1 aromatic heterocycles. The highest BCUT2D eigenvalue weighted by molar-refractivity contribution is 7.10. The van der Waals surface area contributed by atoms with Crippen LogP contribution in [0.3, 0.4) is 0 Å². The molecular weight excluding hydrogens is 372 g/mol. The van der Waals surface area contributed by atoms with Gasteiger partial charge in [-0.05, 0) is 74.5 Å². The molecule has 1 N–H and O–H groups in total. The number of nitrogens with zero attached hydrogens (tertiary/aromatic N) is 1. The fourth-order valence-electron chi connectivity index (χ4n) is 4.36. The van der Waals surface area contributed by atoms with Crippen LogP contribution in [0.4, 0.5) is 0 Å². The van der Waals surface area contributed by atoms with Crippen LogP contribution >= 0.6 is 11.3 Å². The molecule has 0 radical (unpaired) electrons. The van der Waals surface area contributed by atoms with E-state index in [0.29, 0.717) is 12.3 Å². The van der Waals surface area contributed by atoms with Gasteiger partial charge in [-0.15, -0.1) is 11.3 Å². The molecule has 2 saturated heterocycles. The molecule has 0 aromatic carbocycles. The molecule has 5 nitrogen and oxygen atoms in total. The summed E-state index contributed by atoms with van der Waals surface area (Å²) >= 11 is 1.78. The van der Waals surface area contributed by atoms with Crippen molar-refractivity contribution in [3.05, 3.63) is 34.5 Å². The van der Waals surface area contributed by atoms with E-state index in [1.165, 1.54) is 16.5 Å². The Hall–Kier alpha value is -1.66. The van der Waals surface area contributed by atoms with Crippen LogP contribution in [0.25, 0.3) is 0 Å². The monoisotopic (exact) mass is 404 g/mol. The van der Waals surface area contributed by atoms with E-state index in [0.717, 1.165) is 58.2 Å². The predicted molar refractivity (Wildman–Crippen MR) is 112 cm³/mol. The van der Waals surface area contributed by atoms with Crippen LogP contribution in [-0.2, 0) is 20.7 Å². The summed E-state index contributed by atoms with van der Waals surface area (Å²) in [6.45, 7) is 8.02. The van der Waals surface area contributed by atoms with E-state index in [1.807, 2.05) is 4.90 Å². The topological polar surface area (TPSA) is 58.6 Å². The lowest BCUT2D eigenvalue weighted by molar-refractivity contribution is -0.134. The summed E-state index contributed by atoms with van der Waals surface area (Å²) in [5.74, 6) is 0.538. The maximum atomic E-state index is 12.6. The van der Waals surface area contributed by atoms with Crippen molar-refractivity contribution in [2.75, 3.05) is 19.7 Å². The zero-order valence-electron chi connectivity index (χ0n) is 16.8. The van der Waals surface area contributed by atoms with Crippen molar-refractivity contribution in [3.8, 4) is 0 Å². The second-order valence-electron chi connectivity index (χ2n) is 7.90. The lowest BCUT2D eigenvalue weighted by atomic mass is 9.84. The molecule has 0 saturated carbocycles. The van der Waals surface area contributed by atoms with Crippen molar-refractivity contribution in [1.82, 2.24) is 10.2 Å². The average molecular weight is 405 g/mol. The normalized spacial score (nSPS) is 23.4. The van der Waals surface area contributed by atoms with E-state index in [1.54, 1.807) is 11.3 Å². The SMILES string of the molecule is C=CC(=O)NC1CCCOC1C1CCN(C(=O)CCCc2sccc2C)CC1. The number of piperidine rings is 1. The zero-order chi connectivity index (χ0) is 19.9. The second kappa shape index (κ2) is 10.2. The molecular formula is C22H32N2O3S. The van der Waals surface area contributed by atoms with Gasteiger partial charge in [0, 0.05) is 31.0 Å². The number of hydrogen-bond donors (Lipinski definition) is 1. The second-order valence-corrected chi connectivity index (χ2v) is 8.90. The smallest absolute Gasteiger partial charge is 0.243 e. The Morgan fingerprint density at radius 1 is 1.36 bits per heavy atom. The Labute approximate surface area is 172 Å². The molecule has 28 heavy (non-hydrogen) atoms. The molecule has 2 fully saturated rings. The average Bonchev–Trinajstić information content (AvgIpc) is 3.13. The first kappa shape index (κ1) is 21.1. The lowest BCUT2D eigenvalue weighted by Crippen LogP contribution is -2.52. The Morgan fingerprint density at radius 2 is 2.14 bits per heavy atom. The molecule has 0 spiro atoms. The van der Waals surface area contributed by atoms with Crippen molar-refractivity contribution in [2.24, 2.45) is 5.92 Å². The number of likely N-dealkylation sites (tertiary alicyclic amines) is 1. The highest BCUT2D eigenvalue weighted by Crippen LogP contribution is 2.29. The van der Waals surface area contributed by atoms with Gasteiger partial charge in [-0.1, -0.05) is 6.58 Å². The van der Waals surface area contributed by atoms with Gasteiger partial charge < -0.3 is 15.0 Å². The van der Waals surface area contributed by atoms with Crippen molar-refractivity contribution < 1.29 is 14.3 Å². The van der Waals surface area contributed by atoms with Crippen LogP contribution in [0.15, 0.2) is 24.1 Å². The molecule has 2 unspecified atom stereocenters. The fourth-order valence-corrected chi connectivity index (χ4v) is 5.31. The minimum atomic E-state index is -0.130. The number of carbonyl (C=O) groups excluding carboxylic acids is 2. The number of aryl methyl sites for hydroxylation is 2. The van der Waals surface area contributed by atoms with E-state index in [2.05, 4.69) is 30.3 Å². The van der Waals surface area contributed by atoms with Crippen LogP contribution in [0.2, 0.25) is 0 Å². The largest absolute Gasteiger partial charge is 0.376 e. The van der Waals surface area contributed by atoms with Gasteiger partial charge in [-0.2, -0.15) is 0 Å². The third kappa shape index (κ3) is 5.45. The molecule has 0 bridgehead atoms. The number of nitrogens with one attached hydrogen (secondary N) is 1. The molecule has 6 heteroatoms. The van der Waals surface area contributed by atoms with Crippen molar-refractivity contribution in [1.29, 1.82) is 0 Å². The molecule has 1 aromatic rings. The van der Waals surface area contributed by atoms with Crippen LogP contribution in [0, 0.1) is 12.8 Å². The van der Waals surface area contributed by atoms with Gasteiger partial charge in [0.2, 0.25) is 11.8 Å². The Bertz CT molecular complexity index is 679. The fraction of sp³-hybridized carbons (Fsp3) is 0.636. The highest BCUT2D eigenvalue weighted by atomic mass is 32.1. The van der Waals surface area contributed by atoms with Crippen LogP contribution in [0.5, 0.6) is 0 Å². The van der Waals surface area contributed by atoms with Gasteiger partial charge in [0.15, 0.2) is 0 Å². The number of rotatable bonds is 7. The third-order valence-electron chi connectivity index (χ3n) is 6.00. The Balaban J connectivity index is 1.43. The van der Waals surface area contributed by atoms with Gasteiger partial charge >= 0.3 is 0 Å². The van der Waals surface area contributed by atoms with Crippen LogP contribution < -0.4 is 5.32 Å². The van der Waals surface area contributed by atoms with Crippen molar-refractivity contribution in [3.63, 3.8) is 0 Å². The summed E-state index contributed by atoms with van der Waals surface area (Å²) in [7, 11) is 0. The van der Waals surface area contributed by atoms with Gasteiger partial charge in [0.25, 0.3) is 0 Å². The summed E-state index contributed by atoms with van der Waals surface area (Å²) in [5, 5.41) is 5.15. The number of thiophene rings is 1. The van der Waals surface area contributed by atoms with E-state index in [9.17, 15) is 9.59 Å². The third-order valence-corrected chi connectivity index (χ3v) is 7.08. The summed E-state index contributed by atoms with van der Waals surface area (Å²) in [6, 6.07) is 2.20. The molecule has 0 aliphatic carbocycles. The van der Waals surface area contributed by atoms with Gasteiger partial charge in [-0.25, -0.2) is 0 Å². The van der Waals surface area contributed by atoms with E-state index in [4.69, 9.17) is 4.74 Å². The zero-order valence-corrected chi connectivity index (χ0v) is 17.6. The number of carbonyl (C=O) groups is 2. The van der Waals surface area contributed by atoms with Crippen LogP contribution in [-0.4, -0.2) is 48.6 Å². The van der Waals surface area contributed by atoms with Gasteiger partial charge in [-0.3, -0.25) is 9.59 Å². The van der Waals surface area contributed by atoms with Gasteiger partial charge in [0.05, 0.1) is 12.1 Å². The quantitative estimate of drug-likeness (QED) is 0.708. The highest BCUT2D eigenvalue weighted by Gasteiger charge is 2.36. The molecule has 2 atom stereocenters. The first-order valence-electron chi connectivity index (χ1n) is 10.4. The maximum absolute atomic E-state index is 12.6. The maximum Gasteiger partial charge on any atom is 0.243 e. The van der Waals surface area contributed by atoms with Gasteiger partial charge in [0.1, 0.15) is 0 Å². The number of hydrogen-bond acceptors (Lipinski definition) is 4. The first-order valence-corrected chi connectivity index (χ1v) is 11.3. The number of amides is 2.